The number of hydrogen-bond acceptors (Lipinski definition) is 7. The van der Waals surface area contributed by atoms with Crippen LogP contribution in [0.1, 0.15) is 11.4 Å². The summed E-state index contributed by atoms with van der Waals surface area (Å²) in [6, 6.07) is 12.2. The SMILES string of the molecule is Cc1cccc(-c2ccn(-c3nc(N4CCOCC4)c4oc(-c5cnc(C)[nH]5)cc4n3)n2)c1. The molecular weight excluding hydrogens is 418 g/mol. The lowest BCUT2D eigenvalue weighted by molar-refractivity contribution is 0.122. The summed E-state index contributed by atoms with van der Waals surface area (Å²) in [5.74, 6) is 2.74. The number of rotatable bonds is 4. The van der Waals surface area contributed by atoms with Gasteiger partial charge in [0.05, 0.1) is 25.1 Å². The van der Waals surface area contributed by atoms with Gasteiger partial charge in [-0.2, -0.15) is 10.1 Å². The molecule has 1 aliphatic heterocycles. The average molecular weight is 441 g/mol. The topological polar surface area (TPSA) is 97.9 Å². The third kappa shape index (κ3) is 3.66. The molecule has 0 atom stereocenters. The number of hydrogen-bond donors (Lipinski definition) is 1. The average Bonchev–Trinajstić information content (AvgIpc) is 3.58. The first kappa shape index (κ1) is 19.7. The van der Waals surface area contributed by atoms with Crippen molar-refractivity contribution < 1.29 is 9.15 Å². The highest BCUT2D eigenvalue weighted by Gasteiger charge is 2.22. The molecule has 6 rings (SSSR count). The number of imidazole rings is 1. The van der Waals surface area contributed by atoms with E-state index in [9.17, 15) is 0 Å². The molecule has 1 fully saturated rings. The summed E-state index contributed by atoms with van der Waals surface area (Å²) in [5.41, 5.74) is 5.29. The smallest absolute Gasteiger partial charge is 0.253 e. The van der Waals surface area contributed by atoms with Crippen molar-refractivity contribution in [2.45, 2.75) is 13.8 Å². The number of aryl methyl sites for hydroxylation is 2. The Morgan fingerprint density at radius 2 is 1.91 bits per heavy atom. The van der Waals surface area contributed by atoms with Gasteiger partial charge in [-0.15, -0.1) is 0 Å². The Morgan fingerprint density at radius 1 is 1.03 bits per heavy atom. The Labute approximate surface area is 190 Å². The van der Waals surface area contributed by atoms with E-state index in [1.807, 2.05) is 31.3 Å². The minimum atomic E-state index is 0.496. The maximum atomic E-state index is 6.22. The van der Waals surface area contributed by atoms with Gasteiger partial charge in [0.15, 0.2) is 17.2 Å². The molecule has 5 aromatic rings. The number of aromatic nitrogens is 6. The van der Waals surface area contributed by atoms with Gasteiger partial charge in [0.1, 0.15) is 17.0 Å². The number of nitrogens with one attached hydrogen (secondary N) is 1. The summed E-state index contributed by atoms with van der Waals surface area (Å²) in [6.45, 7) is 6.74. The molecule has 5 heterocycles. The Hall–Kier alpha value is -3.98. The van der Waals surface area contributed by atoms with E-state index in [-0.39, 0.29) is 0 Å². The van der Waals surface area contributed by atoms with E-state index in [1.54, 1.807) is 10.9 Å². The molecule has 4 aromatic heterocycles. The molecule has 1 saturated heterocycles. The zero-order valence-corrected chi connectivity index (χ0v) is 18.4. The lowest BCUT2D eigenvalue weighted by Gasteiger charge is -2.27. The molecule has 0 spiro atoms. The molecule has 0 radical (unpaired) electrons. The van der Waals surface area contributed by atoms with Crippen molar-refractivity contribution in [3.8, 4) is 28.7 Å². The number of fused-ring (bicyclic) bond motifs is 1. The van der Waals surface area contributed by atoms with Crippen molar-refractivity contribution in [1.82, 2.24) is 29.7 Å². The van der Waals surface area contributed by atoms with Crippen LogP contribution in [0.15, 0.2) is 53.2 Å². The monoisotopic (exact) mass is 441 g/mol. The maximum absolute atomic E-state index is 6.22. The standard InChI is InChI=1S/C24H23N7O2/c1-15-4-3-5-17(12-15)18-6-7-31(29-18)24-27-19-13-21(20-14-25-16(2)26-20)33-22(19)23(28-24)30-8-10-32-11-9-30/h3-7,12-14H,8-11H2,1-2H3,(H,25,26). The quantitative estimate of drug-likeness (QED) is 0.451. The molecule has 1 N–H and O–H groups in total. The summed E-state index contributed by atoms with van der Waals surface area (Å²) >= 11 is 0. The van der Waals surface area contributed by atoms with Gasteiger partial charge in [-0.3, -0.25) is 0 Å². The second-order valence-electron chi connectivity index (χ2n) is 8.17. The second kappa shape index (κ2) is 7.86. The number of anilines is 1. The predicted octanol–water partition coefficient (Wildman–Crippen LogP) is 3.92. The summed E-state index contributed by atoms with van der Waals surface area (Å²) in [5, 5.41) is 4.75. The number of benzene rings is 1. The van der Waals surface area contributed by atoms with Crippen LogP contribution >= 0.6 is 0 Å². The van der Waals surface area contributed by atoms with E-state index < -0.39 is 0 Å². The zero-order valence-electron chi connectivity index (χ0n) is 18.4. The molecule has 1 aromatic carbocycles. The minimum absolute atomic E-state index is 0.496. The van der Waals surface area contributed by atoms with Gasteiger partial charge in [0.25, 0.3) is 5.95 Å². The second-order valence-corrected chi connectivity index (χ2v) is 8.17. The van der Waals surface area contributed by atoms with Gasteiger partial charge in [-0.05, 0) is 26.0 Å². The molecule has 0 amide bonds. The fourth-order valence-electron chi connectivity index (χ4n) is 4.07. The maximum Gasteiger partial charge on any atom is 0.253 e. The van der Waals surface area contributed by atoms with Crippen LogP contribution in [0.4, 0.5) is 5.82 Å². The third-order valence-corrected chi connectivity index (χ3v) is 5.73. The molecule has 9 heteroatoms. The Balaban J connectivity index is 1.47. The van der Waals surface area contributed by atoms with Crippen molar-refractivity contribution in [3.05, 3.63) is 60.2 Å². The lowest BCUT2D eigenvalue weighted by atomic mass is 10.1. The summed E-state index contributed by atoms with van der Waals surface area (Å²) in [4.78, 5) is 19.3. The Kier molecular flexibility index (Phi) is 4.69. The molecule has 1 aliphatic rings. The van der Waals surface area contributed by atoms with E-state index in [1.165, 1.54) is 5.56 Å². The highest BCUT2D eigenvalue weighted by atomic mass is 16.5. The number of aromatic amines is 1. The van der Waals surface area contributed by atoms with Gasteiger partial charge >= 0.3 is 0 Å². The zero-order chi connectivity index (χ0) is 22.4. The largest absolute Gasteiger partial charge is 0.449 e. The molecule has 33 heavy (non-hydrogen) atoms. The predicted molar refractivity (Wildman–Crippen MR) is 124 cm³/mol. The highest BCUT2D eigenvalue weighted by molar-refractivity contribution is 5.88. The summed E-state index contributed by atoms with van der Waals surface area (Å²) < 4.78 is 13.5. The van der Waals surface area contributed by atoms with Crippen LogP contribution in [0.5, 0.6) is 0 Å². The number of morpholine rings is 1. The van der Waals surface area contributed by atoms with Crippen LogP contribution in [0.2, 0.25) is 0 Å². The van der Waals surface area contributed by atoms with Gasteiger partial charge in [-0.1, -0.05) is 23.8 Å². The lowest BCUT2D eigenvalue weighted by Crippen LogP contribution is -2.37. The van der Waals surface area contributed by atoms with Crippen molar-refractivity contribution in [2.24, 2.45) is 0 Å². The van der Waals surface area contributed by atoms with Crippen molar-refractivity contribution >= 4 is 16.9 Å². The van der Waals surface area contributed by atoms with E-state index in [0.717, 1.165) is 47.2 Å². The molecule has 0 saturated carbocycles. The fraction of sp³-hybridized carbons (Fsp3) is 0.250. The van der Waals surface area contributed by atoms with Gasteiger partial charge in [-0.25, -0.2) is 14.6 Å². The van der Waals surface area contributed by atoms with Crippen LogP contribution in [-0.4, -0.2) is 56.0 Å². The third-order valence-electron chi connectivity index (χ3n) is 5.73. The van der Waals surface area contributed by atoms with E-state index in [0.29, 0.717) is 30.5 Å². The first-order valence-electron chi connectivity index (χ1n) is 10.9. The first-order chi connectivity index (χ1) is 16.1. The first-order valence-corrected chi connectivity index (χ1v) is 10.9. The fourth-order valence-corrected chi connectivity index (χ4v) is 4.07. The summed E-state index contributed by atoms with van der Waals surface area (Å²) in [7, 11) is 0. The number of furan rings is 1. The van der Waals surface area contributed by atoms with E-state index >= 15 is 0 Å². The van der Waals surface area contributed by atoms with E-state index in [4.69, 9.17) is 24.2 Å². The van der Waals surface area contributed by atoms with Gasteiger partial charge < -0.3 is 19.0 Å². The van der Waals surface area contributed by atoms with Crippen molar-refractivity contribution in [1.29, 1.82) is 0 Å². The van der Waals surface area contributed by atoms with Crippen LogP contribution in [-0.2, 0) is 4.74 Å². The van der Waals surface area contributed by atoms with Crippen LogP contribution in [0.25, 0.3) is 39.8 Å². The van der Waals surface area contributed by atoms with Crippen LogP contribution < -0.4 is 4.90 Å². The number of nitrogens with zero attached hydrogens (tertiary/aromatic N) is 6. The Morgan fingerprint density at radius 3 is 2.70 bits per heavy atom. The van der Waals surface area contributed by atoms with Crippen molar-refractivity contribution in [3.63, 3.8) is 0 Å². The highest BCUT2D eigenvalue weighted by Crippen LogP contribution is 2.32. The van der Waals surface area contributed by atoms with Crippen LogP contribution in [0, 0.1) is 13.8 Å². The molecule has 0 aliphatic carbocycles. The minimum Gasteiger partial charge on any atom is -0.449 e. The molecule has 0 unspecified atom stereocenters. The van der Waals surface area contributed by atoms with Gasteiger partial charge in [0.2, 0.25) is 0 Å². The van der Waals surface area contributed by atoms with Crippen LogP contribution in [0.3, 0.4) is 0 Å². The number of H-pyrrole nitrogens is 1. The van der Waals surface area contributed by atoms with Gasteiger partial charge in [0, 0.05) is 30.9 Å². The molecular formula is C24H23N7O2. The summed E-state index contributed by atoms with van der Waals surface area (Å²) in [6.07, 6.45) is 3.65. The molecule has 166 valence electrons. The molecule has 0 bridgehead atoms. The van der Waals surface area contributed by atoms with Crippen molar-refractivity contribution in [2.75, 3.05) is 31.2 Å². The Bertz CT molecular complexity index is 1440. The number of ether oxygens (including phenoxy) is 1. The molecule has 9 nitrogen and oxygen atoms in total. The van der Waals surface area contributed by atoms with E-state index in [2.05, 4.69) is 40.0 Å². The normalized spacial score (nSPS) is 14.3.